The molecule has 0 aromatic carbocycles. The van der Waals surface area contributed by atoms with Crippen LogP contribution in [0.2, 0.25) is 0 Å². The third kappa shape index (κ3) is 3.27. The van der Waals surface area contributed by atoms with Gasteiger partial charge >= 0.3 is 6.36 Å². The van der Waals surface area contributed by atoms with Gasteiger partial charge in [0, 0.05) is 10.7 Å². The summed E-state index contributed by atoms with van der Waals surface area (Å²) in [5.74, 6) is -1.17. The van der Waals surface area contributed by atoms with Gasteiger partial charge in [0.15, 0.2) is 0 Å². The average Bonchev–Trinajstić information content (AvgIpc) is 2.08. The highest BCUT2D eigenvalue weighted by molar-refractivity contribution is 9.13. The van der Waals surface area contributed by atoms with E-state index in [0.29, 0.717) is 0 Å². The van der Waals surface area contributed by atoms with Crippen LogP contribution in [0.4, 0.5) is 22.0 Å². The predicted octanol–water partition coefficient (Wildman–Crippen LogP) is 4.44. The van der Waals surface area contributed by atoms with Gasteiger partial charge in [-0.1, -0.05) is 0 Å². The number of rotatable bonds is 2. The average molecular weight is 371 g/mol. The molecule has 0 amide bonds. The molecule has 1 aromatic rings. The van der Waals surface area contributed by atoms with E-state index in [1.54, 1.807) is 0 Å². The van der Waals surface area contributed by atoms with Crippen molar-refractivity contribution < 1.29 is 26.7 Å². The molecule has 1 heterocycles. The van der Waals surface area contributed by atoms with Gasteiger partial charge in [0.25, 0.3) is 6.43 Å². The summed E-state index contributed by atoms with van der Waals surface area (Å²) in [5, 5.41) is 0. The van der Waals surface area contributed by atoms with Crippen molar-refractivity contribution in [2.75, 3.05) is 0 Å². The van der Waals surface area contributed by atoms with Crippen LogP contribution in [0.15, 0.2) is 15.1 Å². The summed E-state index contributed by atoms with van der Waals surface area (Å²) in [6.07, 6.45) is -7.28. The monoisotopic (exact) mass is 369 g/mol. The van der Waals surface area contributed by atoms with Crippen LogP contribution in [0.25, 0.3) is 0 Å². The van der Waals surface area contributed by atoms with Crippen molar-refractivity contribution in [3.63, 3.8) is 0 Å². The van der Waals surface area contributed by atoms with Crippen molar-refractivity contribution in [1.82, 2.24) is 4.98 Å². The maximum Gasteiger partial charge on any atom is 0.574 e. The third-order valence-corrected chi connectivity index (χ3v) is 3.39. The zero-order chi connectivity index (χ0) is 12.5. The van der Waals surface area contributed by atoms with Crippen LogP contribution >= 0.6 is 31.9 Å². The van der Waals surface area contributed by atoms with Crippen LogP contribution in [-0.4, -0.2) is 11.3 Å². The Hall–Kier alpha value is -0.440. The fraction of sp³-hybridized carbons (Fsp3) is 0.286. The zero-order valence-corrected chi connectivity index (χ0v) is 10.3. The van der Waals surface area contributed by atoms with E-state index in [-0.39, 0.29) is 8.95 Å². The van der Waals surface area contributed by atoms with Gasteiger partial charge in [0.1, 0.15) is 0 Å². The maximum atomic E-state index is 12.5. The molecule has 0 atom stereocenters. The molecule has 0 saturated heterocycles. The quantitative estimate of drug-likeness (QED) is 0.718. The Balaban J connectivity index is 3.24. The van der Waals surface area contributed by atoms with Crippen LogP contribution in [0.5, 0.6) is 5.88 Å². The minimum Gasteiger partial charge on any atom is -0.387 e. The molecule has 90 valence electrons. The number of pyridine rings is 1. The number of aromatic nitrogens is 1. The normalized spacial score (nSPS) is 12.0. The topological polar surface area (TPSA) is 22.1 Å². The standard InChI is InChI=1S/C7H2Br2F5NO/c8-2-1-15-6(16-7(12,13)14)3(4(2)9)5(10)11/h1,5H. The number of hydrogen-bond donors (Lipinski definition) is 0. The van der Waals surface area contributed by atoms with Gasteiger partial charge in [-0.15, -0.1) is 13.2 Å². The number of ether oxygens (including phenoxy) is 1. The first-order valence-electron chi connectivity index (χ1n) is 3.60. The molecule has 0 aliphatic carbocycles. The van der Waals surface area contributed by atoms with Gasteiger partial charge in [-0.3, -0.25) is 0 Å². The summed E-state index contributed by atoms with van der Waals surface area (Å²) in [5.41, 5.74) is -0.952. The van der Waals surface area contributed by atoms with Gasteiger partial charge in [-0.2, -0.15) is 0 Å². The van der Waals surface area contributed by atoms with E-state index in [1.807, 2.05) is 0 Å². The first-order valence-corrected chi connectivity index (χ1v) is 5.18. The van der Waals surface area contributed by atoms with E-state index >= 15 is 0 Å². The number of hydrogen-bond acceptors (Lipinski definition) is 2. The van der Waals surface area contributed by atoms with Gasteiger partial charge in [0.2, 0.25) is 5.88 Å². The molecular formula is C7H2Br2F5NO. The van der Waals surface area contributed by atoms with Crippen LogP contribution in [0.1, 0.15) is 12.0 Å². The molecule has 0 aliphatic heterocycles. The number of halogens is 7. The van der Waals surface area contributed by atoms with Crippen molar-refractivity contribution in [3.05, 3.63) is 20.7 Å². The fourth-order valence-corrected chi connectivity index (χ4v) is 1.61. The lowest BCUT2D eigenvalue weighted by Gasteiger charge is -2.13. The molecule has 0 bridgehead atoms. The summed E-state index contributed by atoms with van der Waals surface area (Å²) in [6.45, 7) is 0. The highest BCUT2D eigenvalue weighted by Crippen LogP contribution is 2.39. The molecule has 0 unspecified atom stereocenters. The van der Waals surface area contributed by atoms with E-state index in [0.717, 1.165) is 6.20 Å². The van der Waals surface area contributed by atoms with Crippen molar-refractivity contribution in [2.24, 2.45) is 0 Å². The Bertz CT molecular complexity index is 395. The Morgan fingerprint density at radius 2 is 1.81 bits per heavy atom. The van der Waals surface area contributed by atoms with Crippen molar-refractivity contribution >= 4 is 31.9 Å². The molecule has 1 rings (SSSR count). The molecule has 0 N–H and O–H groups in total. The minimum absolute atomic E-state index is 0.109. The molecule has 1 aromatic heterocycles. The Labute approximate surface area is 103 Å². The van der Waals surface area contributed by atoms with E-state index < -0.39 is 24.2 Å². The molecule has 0 aliphatic rings. The molecule has 0 fully saturated rings. The van der Waals surface area contributed by atoms with Gasteiger partial charge in [0.05, 0.1) is 10.0 Å². The zero-order valence-electron chi connectivity index (χ0n) is 7.16. The third-order valence-electron chi connectivity index (χ3n) is 1.40. The van der Waals surface area contributed by atoms with Crippen molar-refractivity contribution in [1.29, 1.82) is 0 Å². The van der Waals surface area contributed by atoms with Gasteiger partial charge < -0.3 is 4.74 Å². The largest absolute Gasteiger partial charge is 0.574 e. The SMILES string of the molecule is FC(F)c1c(OC(F)(F)F)ncc(Br)c1Br. The van der Waals surface area contributed by atoms with Crippen LogP contribution in [0, 0.1) is 0 Å². The van der Waals surface area contributed by atoms with E-state index in [1.165, 1.54) is 0 Å². The number of alkyl halides is 5. The van der Waals surface area contributed by atoms with Gasteiger partial charge in [-0.05, 0) is 31.9 Å². The molecule has 0 radical (unpaired) electrons. The fourth-order valence-electron chi connectivity index (χ4n) is 0.844. The highest BCUT2D eigenvalue weighted by atomic mass is 79.9. The lowest BCUT2D eigenvalue weighted by molar-refractivity contribution is -0.276. The molecule has 2 nitrogen and oxygen atoms in total. The van der Waals surface area contributed by atoms with E-state index in [9.17, 15) is 22.0 Å². The highest BCUT2D eigenvalue weighted by Gasteiger charge is 2.35. The smallest absolute Gasteiger partial charge is 0.387 e. The Morgan fingerprint density at radius 1 is 1.25 bits per heavy atom. The van der Waals surface area contributed by atoms with E-state index in [4.69, 9.17) is 0 Å². The first kappa shape index (κ1) is 13.6. The summed E-state index contributed by atoms with van der Waals surface area (Å²) in [6, 6.07) is 0. The second-order valence-corrected chi connectivity index (χ2v) is 4.13. The minimum atomic E-state index is -5.07. The molecule has 0 saturated carbocycles. The summed E-state index contributed by atoms with van der Waals surface area (Å²) in [4.78, 5) is 3.15. The van der Waals surface area contributed by atoms with E-state index in [2.05, 4.69) is 41.6 Å². The predicted molar refractivity (Wildman–Crippen MR) is 51.3 cm³/mol. The Morgan fingerprint density at radius 3 is 2.25 bits per heavy atom. The maximum absolute atomic E-state index is 12.5. The van der Waals surface area contributed by atoms with Crippen molar-refractivity contribution in [3.8, 4) is 5.88 Å². The summed E-state index contributed by atoms with van der Waals surface area (Å²) >= 11 is 5.57. The van der Waals surface area contributed by atoms with Crippen LogP contribution in [-0.2, 0) is 0 Å². The van der Waals surface area contributed by atoms with Crippen molar-refractivity contribution in [2.45, 2.75) is 12.8 Å². The summed E-state index contributed by atoms with van der Waals surface area (Å²) in [7, 11) is 0. The summed E-state index contributed by atoms with van der Waals surface area (Å²) < 4.78 is 63.9. The van der Waals surface area contributed by atoms with Crippen LogP contribution < -0.4 is 4.74 Å². The van der Waals surface area contributed by atoms with Gasteiger partial charge in [-0.25, -0.2) is 13.8 Å². The second-order valence-electron chi connectivity index (χ2n) is 2.49. The van der Waals surface area contributed by atoms with Crippen LogP contribution in [0.3, 0.4) is 0 Å². The molecule has 9 heteroatoms. The second kappa shape index (κ2) is 4.82. The molecular weight excluding hydrogens is 369 g/mol. The first-order chi connectivity index (χ1) is 7.22. The Kier molecular flexibility index (Phi) is 4.11. The lowest BCUT2D eigenvalue weighted by atomic mass is 10.3. The lowest BCUT2D eigenvalue weighted by Crippen LogP contribution is -2.19. The molecule has 0 spiro atoms. The number of nitrogens with zero attached hydrogens (tertiary/aromatic N) is 1. The molecule has 16 heavy (non-hydrogen) atoms.